The zero-order chi connectivity index (χ0) is 11.6. The van der Waals surface area contributed by atoms with Crippen molar-refractivity contribution in [1.29, 1.82) is 0 Å². The molecule has 0 saturated carbocycles. The normalized spacial score (nSPS) is 33.6. The topological polar surface area (TPSA) is 94.6 Å². The summed E-state index contributed by atoms with van der Waals surface area (Å²) >= 11 is 0. The molecule has 1 unspecified atom stereocenters. The smallest absolute Gasteiger partial charge is 0.548 e. The van der Waals surface area contributed by atoms with Gasteiger partial charge in [0.25, 0.3) is 0 Å². The maximum atomic E-state index is 11.9. The van der Waals surface area contributed by atoms with Gasteiger partial charge in [-0.15, -0.1) is 0 Å². The van der Waals surface area contributed by atoms with Gasteiger partial charge in [-0.3, -0.25) is 4.79 Å². The summed E-state index contributed by atoms with van der Waals surface area (Å²) in [6.07, 6.45) is -0.116. The summed E-state index contributed by atoms with van der Waals surface area (Å²) in [5.74, 6) is -1.96. The zero-order valence-electron chi connectivity index (χ0n) is 9.26. The summed E-state index contributed by atoms with van der Waals surface area (Å²) in [5.41, 5.74) is 0. The molecule has 0 aromatic rings. The molecule has 2 heterocycles. The Balaban J connectivity index is 0.00000128. The number of carbonyl (C=O) groups is 2. The summed E-state index contributed by atoms with van der Waals surface area (Å²) in [5, 5.41) is 9.90. The standard InChI is InChI=1S/C8H11NO5S.K/c1-8(2)6(7(11)12)9-4(10)3-5(9)15(8,13)14;/h5-6H,3H2,1-2H3,(H,11,12);/q;+1/p-1/t5?,6-;/m0./s1. The van der Waals surface area contributed by atoms with Crippen LogP contribution in [0.4, 0.5) is 0 Å². The fourth-order valence-electron chi connectivity index (χ4n) is 2.21. The number of carboxylic acids is 1. The zero-order valence-corrected chi connectivity index (χ0v) is 13.2. The Morgan fingerprint density at radius 2 is 2.00 bits per heavy atom. The Kier molecular flexibility index (Phi) is 3.67. The first-order valence-electron chi connectivity index (χ1n) is 4.46. The maximum absolute atomic E-state index is 11.9. The number of rotatable bonds is 1. The van der Waals surface area contributed by atoms with Crippen LogP contribution in [-0.4, -0.2) is 41.4 Å². The molecule has 6 nitrogen and oxygen atoms in total. The summed E-state index contributed by atoms with van der Waals surface area (Å²) in [6, 6.07) is -1.37. The van der Waals surface area contributed by atoms with Crippen LogP contribution in [0.2, 0.25) is 0 Å². The van der Waals surface area contributed by atoms with Crippen molar-refractivity contribution in [1.82, 2.24) is 4.90 Å². The Morgan fingerprint density at radius 3 is 2.31 bits per heavy atom. The second-order valence-electron chi connectivity index (χ2n) is 4.33. The van der Waals surface area contributed by atoms with Gasteiger partial charge in [-0.05, 0) is 13.8 Å². The predicted octanol–water partition coefficient (Wildman–Crippen LogP) is -5.13. The fourth-order valence-corrected chi connectivity index (χ4v) is 4.33. The second kappa shape index (κ2) is 4.03. The molecule has 84 valence electrons. The molecule has 2 rings (SSSR count). The van der Waals surface area contributed by atoms with E-state index in [4.69, 9.17) is 0 Å². The van der Waals surface area contributed by atoms with Crippen molar-refractivity contribution >= 4 is 21.7 Å². The van der Waals surface area contributed by atoms with Crippen LogP contribution in [0.5, 0.6) is 0 Å². The van der Waals surface area contributed by atoms with E-state index in [9.17, 15) is 23.1 Å². The van der Waals surface area contributed by atoms with E-state index >= 15 is 0 Å². The van der Waals surface area contributed by atoms with Crippen molar-refractivity contribution in [3.63, 3.8) is 0 Å². The predicted molar refractivity (Wildman–Crippen MR) is 47.0 cm³/mol. The van der Waals surface area contributed by atoms with Gasteiger partial charge in [-0.2, -0.15) is 0 Å². The largest absolute Gasteiger partial charge is 1.00 e. The average molecular weight is 271 g/mol. The van der Waals surface area contributed by atoms with E-state index < -0.39 is 37.9 Å². The average Bonchev–Trinajstić information content (AvgIpc) is 2.19. The molecule has 2 saturated heterocycles. The maximum Gasteiger partial charge on any atom is 1.00 e. The Morgan fingerprint density at radius 1 is 1.50 bits per heavy atom. The summed E-state index contributed by atoms with van der Waals surface area (Å²) < 4.78 is 22.2. The first-order valence-corrected chi connectivity index (χ1v) is 6.01. The van der Waals surface area contributed by atoms with Gasteiger partial charge in [0.1, 0.15) is 5.37 Å². The first-order chi connectivity index (χ1) is 6.71. The van der Waals surface area contributed by atoms with Crippen molar-refractivity contribution < 1.29 is 74.5 Å². The molecule has 0 spiro atoms. The third-order valence-electron chi connectivity index (χ3n) is 3.20. The molecule has 2 aliphatic heterocycles. The number of aliphatic carboxylic acids is 1. The Labute approximate surface area is 136 Å². The van der Waals surface area contributed by atoms with E-state index in [-0.39, 0.29) is 57.8 Å². The molecule has 0 N–H and O–H groups in total. The number of sulfone groups is 1. The van der Waals surface area contributed by atoms with Crippen LogP contribution in [0.1, 0.15) is 20.3 Å². The van der Waals surface area contributed by atoms with Crippen molar-refractivity contribution in [3.05, 3.63) is 0 Å². The van der Waals surface area contributed by atoms with Crippen molar-refractivity contribution in [2.24, 2.45) is 0 Å². The van der Waals surface area contributed by atoms with Gasteiger partial charge < -0.3 is 14.8 Å². The monoisotopic (exact) mass is 271 g/mol. The minimum Gasteiger partial charge on any atom is -0.548 e. The Bertz CT molecular complexity index is 457. The van der Waals surface area contributed by atoms with E-state index in [1.807, 2.05) is 0 Å². The number of β-lactam (4-membered cyclic amide) rings is 1. The van der Waals surface area contributed by atoms with Crippen LogP contribution < -0.4 is 56.5 Å². The molecule has 2 aliphatic rings. The molecular formula is C8H10KNO5S. The van der Waals surface area contributed by atoms with Gasteiger partial charge >= 0.3 is 51.4 Å². The second-order valence-corrected chi connectivity index (χ2v) is 7.02. The number of carbonyl (C=O) groups excluding carboxylic acids is 2. The van der Waals surface area contributed by atoms with E-state index in [0.29, 0.717) is 0 Å². The van der Waals surface area contributed by atoms with Gasteiger partial charge in [0.05, 0.1) is 23.2 Å². The molecule has 2 atom stereocenters. The molecule has 0 aromatic heterocycles. The molecule has 0 radical (unpaired) electrons. The van der Waals surface area contributed by atoms with Crippen LogP contribution in [0.3, 0.4) is 0 Å². The van der Waals surface area contributed by atoms with Crippen LogP contribution in [0.15, 0.2) is 0 Å². The summed E-state index contributed by atoms with van der Waals surface area (Å²) in [4.78, 5) is 23.0. The minimum absolute atomic E-state index is 0. The molecule has 2 fully saturated rings. The van der Waals surface area contributed by atoms with Crippen molar-refractivity contribution in [2.45, 2.75) is 36.4 Å². The summed E-state index contributed by atoms with van der Waals surface area (Å²) in [6.45, 7) is 2.63. The van der Waals surface area contributed by atoms with Crippen LogP contribution in [-0.2, 0) is 19.4 Å². The number of fused-ring (bicyclic) bond motifs is 1. The van der Waals surface area contributed by atoms with E-state index in [1.54, 1.807) is 0 Å². The minimum atomic E-state index is -3.61. The van der Waals surface area contributed by atoms with Gasteiger partial charge in [-0.25, -0.2) is 8.42 Å². The molecule has 1 amide bonds. The Hall–Kier alpha value is 0.526. The van der Waals surface area contributed by atoms with E-state index in [1.165, 1.54) is 13.8 Å². The van der Waals surface area contributed by atoms with Crippen LogP contribution >= 0.6 is 0 Å². The third-order valence-corrected chi connectivity index (χ3v) is 6.00. The van der Waals surface area contributed by atoms with E-state index in [2.05, 4.69) is 0 Å². The van der Waals surface area contributed by atoms with Crippen LogP contribution in [0, 0.1) is 0 Å². The fraction of sp³-hybridized carbons (Fsp3) is 0.750. The molecule has 0 aromatic carbocycles. The molecule has 0 aliphatic carbocycles. The third kappa shape index (κ3) is 1.54. The van der Waals surface area contributed by atoms with Crippen LogP contribution in [0.25, 0.3) is 0 Å². The van der Waals surface area contributed by atoms with Gasteiger partial charge in [0.15, 0.2) is 9.84 Å². The van der Waals surface area contributed by atoms with Gasteiger partial charge in [-0.1, -0.05) is 0 Å². The molecule has 8 heteroatoms. The van der Waals surface area contributed by atoms with Gasteiger partial charge in [0.2, 0.25) is 5.91 Å². The number of amides is 1. The SMILES string of the molecule is CC1(C)[C@H](C(=O)[O-])N2C(=O)CC2S1(=O)=O.[K+]. The molecule has 16 heavy (non-hydrogen) atoms. The van der Waals surface area contributed by atoms with E-state index in [0.717, 1.165) is 4.90 Å². The quantitative estimate of drug-likeness (QED) is 0.351. The number of carboxylic acid groups (broad SMARTS) is 1. The first kappa shape index (κ1) is 14.6. The van der Waals surface area contributed by atoms with Gasteiger partial charge in [0, 0.05) is 0 Å². The molecular weight excluding hydrogens is 261 g/mol. The number of hydrogen-bond acceptors (Lipinski definition) is 5. The number of nitrogens with zero attached hydrogens (tertiary/aromatic N) is 1. The number of hydrogen-bond donors (Lipinski definition) is 0. The van der Waals surface area contributed by atoms with Crippen molar-refractivity contribution in [2.75, 3.05) is 0 Å². The van der Waals surface area contributed by atoms with Crippen molar-refractivity contribution in [3.8, 4) is 0 Å². The molecule has 0 bridgehead atoms. The summed E-state index contributed by atoms with van der Waals surface area (Å²) in [7, 11) is -3.61.